The van der Waals surface area contributed by atoms with Gasteiger partial charge in [-0.2, -0.15) is 0 Å². The maximum atomic E-state index is 13.4. The first-order valence-electron chi connectivity index (χ1n) is 9.94. The summed E-state index contributed by atoms with van der Waals surface area (Å²) < 4.78 is 0. The van der Waals surface area contributed by atoms with Crippen molar-refractivity contribution in [2.75, 3.05) is 31.1 Å². The molecule has 4 aromatic rings. The van der Waals surface area contributed by atoms with Gasteiger partial charge in [0.1, 0.15) is 5.75 Å². The quantitative estimate of drug-likeness (QED) is 0.513. The molecule has 5 rings (SSSR count). The lowest BCUT2D eigenvalue weighted by Crippen LogP contribution is -2.48. The van der Waals surface area contributed by atoms with Gasteiger partial charge in [0.15, 0.2) is 0 Å². The highest BCUT2D eigenvalue weighted by molar-refractivity contribution is 6.17. The van der Waals surface area contributed by atoms with Crippen molar-refractivity contribution < 1.29 is 9.90 Å². The van der Waals surface area contributed by atoms with Gasteiger partial charge in [-0.3, -0.25) is 4.79 Å². The highest BCUT2D eigenvalue weighted by Gasteiger charge is 2.24. The Morgan fingerprint density at radius 2 is 1.34 bits per heavy atom. The van der Waals surface area contributed by atoms with Crippen LogP contribution in [0.15, 0.2) is 78.9 Å². The molecule has 0 saturated carbocycles. The zero-order chi connectivity index (χ0) is 19.8. The molecule has 1 aliphatic heterocycles. The molecule has 1 amide bonds. The first-order valence-corrected chi connectivity index (χ1v) is 9.94. The smallest absolute Gasteiger partial charge is 0.254 e. The Morgan fingerprint density at radius 1 is 0.724 bits per heavy atom. The maximum Gasteiger partial charge on any atom is 0.254 e. The SMILES string of the molecule is O=C(c1cc2ccccc2c2ccccc12)N1CCN(c2ccc(O)cc2)CC1. The number of hydrogen-bond acceptors (Lipinski definition) is 3. The van der Waals surface area contributed by atoms with Crippen molar-refractivity contribution in [2.45, 2.75) is 0 Å². The number of hydrogen-bond donors (Lipinski definition) is 1. The highest BCUT2D eigenvalue weighted by atomic mass is 16.3. The Balaban J connectivity index is 1.44. The number of aromatic hydroxyl groups is 1. The fourth-order valence-electron chi connectivity index (χ4n) is 4.23. The molecule has 144 valence electrons. The Labute approximate surface area is 169 Å². The van der Waals surface area contributed by atoms with E-state index >= 15 is 0 Å². The predicted molar refractivity (Wildman–Crippen MR) is 118 cm³/mol. The predicted octanol–water partition coefficient (Wildman–Crippen LogP) is 4.66. The van der Waals surface area contributed by atoms with Crippen LogP contribution in [-0.2, 0) is 0 Å². The van der Waals surface area contributed by atoms with Crippen molar-refractivity contribution in [1.29, 1.82) is 0 Å². The fraction of sp³-hybridized carbons (Fsp3) is 0.160. The van der Waals surface area contributed by atoms with E-state index < -0.39 is 0 Å². The Hall–Kier alpha value is -3.53. The monoisotopic (exact) mass is 382 g/mol. The van der Waals surface area contributed by atoms with E-state index in [1.54, 1.807) is 12.1 Å². The van der Waals surface area contributed by atoms with Gasteiger partial charge in [-0.1, -0.05) is 48.5 Å². The maximum absolute atomic E-state index is 13.4. The molecule has 1 fully saturated rings. The molecule has 0 unspecified atom stereocenters. The van der Waals surface area contributed by atoms with Crippen LogP contribution in [-0.4, -0.2) is 42.1 Å². The summed E-state index contributed by atoms with van der Waals surface area (Å²) in [4.78, 5) is 17.6. The van der Waals surface area contributed by atoms with Crippen molar-refractivity contribution in [1.82, 2.24) is 4.90 Å². The first kappa shape index (κ1) is 17.6. The van der Waals surface area contributed by atoms with Crippen molar-refractivity contribution >= 4 is 33.1 Å². The van der Waals surface area contributed by atoms with Gasteiger partial charge in [0.2, 0.25) is 0 Å². The number of rotatable bonds is 2. The van der Waals surface area contributed by atoms with E-state index in [2.05, 4.69) is 23.1 Å². The van der Waals surface area contributed by atoms with Crippen molar-refractivity contribution in [2.24, 2.45) is 0 Å². The summed E-state index contributed by atoms with van der Waals surface area (Å²) >= 11 is 0. The third-order valence-corrected chi connectivity index (χ3v) is 5.78. The summed E-state index contributed by atoms with van der Waals surface area (Å²) in [6.07, 6.45) is 0. The summed E-state index contributed by atoms with van der Waals surface area (Å²) in [7, 11) is 0. The van der Waals surface area contributed by atoms with Crippen LogP contribution < -0.4 is 4.90 Å². The van der Waals surface area contributed by atoms with Crippen LogP contribution in [0.4, 0.5) is 5.69 Å². The molecule has 1 aliphatic rings. The lowest BCUT2D eigenvalue weighted by atomic mass is 9.96. The second kappa shape index (κ2) is 7.13. The molecule has 0 aromatic heterocycles. The summed E-state index contributed by atoms with van der Waals surface area (Å²) in [6, 6.07) is 25.7. The molecule has 4 nitrogen and oxygen atoms in total. The standard InChI is InChI=1S/C25H22N2O2/c28-20-11-9-19(10-12-20)26-13-15-27(16-14-26)25(29)24-17-18-5-1-2-6-21(18)22-7-3-4-8-23(22)24/h1-12,17,28H,13-16H2. The molecule has 0 aliphatic carbocycles. The van der Waals surface area contributed by atoms with E-state index in [9.17, 15) is 9.90 Å². The fourth-order valence-corrected chi connectivity index (χ4v) is 4.23. The molecule has 29 heavy (non-hydrogen) atoms. The van der Waals surface area contributed by atoms with Crippen LogP contribution in [0, 0.1) is 0 Å². The molecule has 1 heterocycles. The molecule has 1 N–H and O–H groups in total. The molecular formula is C25H22N2O2. The van der Waals surface area contributed by atoms with Crippen LogP contribution in [0.25, 0.3) is 21.5 Å². The van der Waals surface area contributed by atoms with E-state index in [-0.39, 0.29) is 11.7 Å². The van der Waals surface area contributed by atoms with Crippen molar-refractivity contribution in [3.63, 3.8) is 0 Å². The minimum Gasteiger partial charge on any atom is -0.508 e. The lowest BCUT2D eigenvalue weighted by Gasteiger charge is -2.36. The zero-order valence-electron chi connectivity index (χ0n) is 16.1. The van der Waals surface area contributed by atoms with E-state index in [1.165, 1.54) is 5.39 Å². The molecule has 4 aromatic carbocycles. The van der Waals surface area contributed by atoms with Gasteiger partial charge < -0.3 is 14.9 Å². The summed E-state index contributed by atoms with van der Waals surface area (Å²) in [5.41, 5.74) is 1.85. The zero-order valence-corrected chi connectivity index (χ0v) is 16.1. The normalized spacial score (nSPS) is 14.5. The second-order valence-electron chi connectivity index (χ2n) is 7.49. The average Bonchev–Trinajstić information content (AvgIpc) is 2.79. The van der Waals surface area contributed by atoms with Crippen LogP contribution in [0.2, 0.25) is 0 Å². The number of phenolic OH excluding ortho intramolecular Hbond substituents is 1. The van der Waals surface area contributed by atoms with Gasteiger partial charge in [-0.05, 0) is 51.9 Å². The van der Waals surface area contributed by atoms with E-state index in [0.29, 0.717) is 13.1 Å². The summed E-state index contributed by atoms with van der Waals surface area (Å²) in [5, 5.41) is 13.9. The average molecular weight is 382 g/mol. The number of carbonyl (C=O) groups excluding carboxylic acids is 1. The van der Waals surface area contributed by atoms with E-state index in [1.807, 2.05) is 53.4 Å². The van der Waals surface area contributed by atoms with Crippen molar-refractivity contribution in [3.05, 3.63) is 84.4 Å². The third-order valence-electron chi connectivity index (χ3n) is 5.78. The molecule has 1 saturated heterocycles. The number of piperazine rings is 1. The van der Waals surface area contributed by atoms with Gasteiger partial charge in [0, 0.05) is 37.4 Å². The van der Waals surface area contributed by atoms with Gasteiger partial charge >= 0.3 is 0 Å². The Kier molecular flexibility index (Phi) is 4.32. The van der Waals surface area contributed by atoms with Gasteiger partial charge in [0.25, 0.3) is 5.91 Å². The minimum absolute atomic E-state index is 0.0947. The lowest BCUT2D eigenvalue weighted by molar-refractivity contribution is 0.0749. The summed E-state index contributed by atoms with van der Waals surface area (Å²) in [5.74, 6) is 0.364. The molecular weight excluding hydrogens is 360 g/mol. The van der Waals surface area contributed by atoms with E-state index in [4.69, 9.17) is 0 Å². The second-order valence-corrected chi connectivity index (χ2v) is 7.49. The van der Waals surface area contributed by atoms with Crippen LogP contribution >= 0.6 is 0 Å². The van der Waals surface area contributed by atoms with Crippen LogP contribution in [0.1, 0.15) is 10.4 Å². The molecule has 0 radical (unpaired) electrons. The molecule has 4 heteroatoms. The number of fused-ring (bicyclic) bond motifs is 3. The molecule has 0 spiro atoms. The Bertz CT molecular complexity index is 1190. The molecule has 0 atom stereocenters. The molecule has 0 bridgehead atoms. The topological polar surface area (TPSA) is 43.8 Å². The third kappa shape index (κ3) is 3.17. The number of phenols is 1. The highest BCUT2D eigenvalue weighted by Crippen LogP contribution is 2.30. The minimum atomic E-state index is 0.0947. The Morgan fingerprint density at radius 3 is 2.07 bits per heavy atom. The van der Waals surface area contributed by atoms with Gasteiger partial charge in [0.05, 0.1) is 0 Å². The van der Waals surface area contributed by atoms with E-state index in [0.717, 1.165) is 40.5 Å². The van der Waals surface area contributed by atoms with Gasteiger partial charge in [-0.25, -0.2) is 0 Å². The number of nitrogens with zero attached hydrogens (tertiary/aromatic N) is 2. The first-order chi connectivity index (χ1) is 14.2. The number of amides is 1. The number of benzene rings is 4. The number of carbonyl (C=O) groups is 1. The summed E-state index contributed by atoms with van der Waals surface area (Å²) in [6.45, 7) is 2.92. The van der Waals surface area contributed by atoms with Crippen molar-refractivity contribution in [3.8, 4) is 5.75 Å². The van der Waals surface area contributed by atoms with Crippen LogP contribution in [0.5, 0.6) is 5.75 Å². The van der Waals surface area contributed by atoms with Crippen LogP contribution in [0.3, 0.4) is 0 Å². The number of anilines is 1. The largest absolute Gasteiger partial charge is 0.508 e. The van der Waals surface area contributed by atoms with Gasteiger partial charge in [-0.15, -0.1) is 0 Å².